The second-order valence-corrected chi connectivity index (χ2v) is 6.47. The lowest BCUT2D eigenvalue weighted by Gasteiger charge is -2.22. The molecule has 2 aromatic carbocycles. The Labute approximate surface area is 153 Å². The molecule has 4 rings (SSSR count). The lowest BCUT2D eigenvalue weighted by molar-refractivity contribution is -0.286. The van der Waals surface area contributed by atoms with Gasteiger partial charge in [0.05, 0.1) is 0 Å². The molecular formula is C19H16F2N2O4. The standard InChI is InChI=1S/C19H16F2N2O4/c20-19(21)26-15-8-7-13(10-16(15)27-19)11-3-5-12(6-4-11)18(25)23-9-1-2-14(23)17(22)24/h3-8,10,14H,1-2,9H2,(H2,22,24). The first-order valence-electron chi connectivity index (χ1n) is 8.45. The molecule has 2 amide bonds. The van der Waals surface area contributed by atoms with Gasteiger partial charge in [-0.05, 0) is 48.2 Å². The van der Waals surface area contributed by atoms with Gasteiger partial charge in [-0.15, -0.1) is 8.78 Å². The van der Waals surface area contributed by atoms with E-state index in [1.165, 1.54) is 17.0 Å². The van der Waals surface area contributed by atoms with Gasteiger partial charge in [0.2, 0.25) is 5.91 Å². The second-order valence-electron chi connectivity index (χ2n) is 6.47. The molecule has 1 unspecified atom stereocenters. The van der Waals surface area contributed by atoms with Crippen LogP contribution in [0.3, 0.4) is 0 Å². The number of nitrogens with two attached hydrogens (primary N) is 1. The van der Waals surface area contributed by atoms with E-state index in [-0.39, 0.29) is 17.4 Å². The Morgan fingerprint density at radius 1 is 1.04 bits per heavy atom. The van der Waals surface area contributed by atoms with Crippen molar-refractivity contribution in [2.45, 2.75) is 25.2 Å². The number of hydrogen-bond acceptors (Lipinski definition) is 4. The Balaban J connectivity index is 1.55. The van der Waals surface area contributed by atoms with Crippen LogP contribution in [0.15, 0.2) is 42.5 Å². The summed E-state index contributed by atoms with van der Waals surface area (Å²) in [6.07, 6.45) is -2.36. The van der Waals surface area contributed by atoms with E-state index in [1.54, 1.807) is 30.3 Å². The second kappa shape index (κ2) is 6.22. The van der Waals surface area contributed by atoms with Crippen molar-refractivity contribution in [1.29, 1.82) is 0 Å². The van der Waals surface area contributed by atoms with E-state index >= 15 is 0 Å². The number of likely N-dealkylation sites (tertiary alicyclic amines) is 1. The highest BCUT2D eigenvalue weighted by atomic mass is 19.3. The fourth-order valence-corrected chi connectivity index (χ4v) is 3.41. The van der Waals surface area contributed by atoms with E-state index < -0.39 is 18.2 Å². The number of nitrogens with zero attached hydrogens (tertiary/aromatic N) is 1. The summed E-state index contributed by atoms with van der Waals surface area (Å²) in [5.41, 5.74) is 7.16. The van der Waals surface area contributed by atoms with Crippen molar-refractivity contribution in [2.24, 2.45) is 5.73 Å². The van der Waals surface area contributed by atoms with Crippen molar-refractivity contribution in [3.8, 4) is 22.6 Å². The molecular weight excluding hydrogens is 358 g/mol. The highest BCUT2D eigenvalue weighted by molar-refractivity contribution is 5.98. The van der Waals surface area contributed by atoms with Gasteiger partial charge in [0.1, 0.15) is 6.04 Å². The van der Waals surface area contributed by atoms with Gasteiger partial charge in [-0.25, -0.2) is 0 Å². The van der Waals surface area contributed by atoms with E-state index in [0.717, 1.165) is 12.0 Å². The van der Waals surface area contributed by atoms with E-state index in [9.17, 15) is 18.4 Å². The van der Waals surface area contributed by atoms with E-state index in [1.807, 2.05) is 0 Å². The number of benzene rings is 2. The average Bonchev–Trinajstić information content (AvgIpc) is 3.23. The Kier molecular flexibility index (Phi) is 3.98. The summed E-state index contributed by atoms with van der Waals surface area (Å²) in [4.78, 5) is 25.6. The Bertz CT molecular complexity index is 914. The third kappa shape index (κ3) is 3.18. The third-order valence-corrected chi connectivity index (χ3v) is 4.71. The molecule has 0 aliphatic carbocycles. The molecule has 27 heavy (non-hydrogen) atoms. The summed E-state index contributed by atoms with van der Waals surface area (Å²) in [6.45, 7) is 0.491. The lowest BCUT2D eigenvalue weighted by Crippen LogP contribution is -2.43. The quantitative estimate of drug-likeness (QED) is 0.896. The first kappa shape index (κ1) is 17.3. The molecule has 1 atom stereocenters. The zero-order chi connectivity index (χ0) is 19.2. The Morgan fingerprint density at radius 2 is 1.70 bits per heavy atom. The number of amides is 2. The van der Waals surface area contributed by atoms with Crippen LogP contribution in [0.1, 0.15) is 23.2 Å². The predicted molar refractivity (Wildman–Crippen MR) is 91.3 cm³/mol. The van der Waals surface area contributed by atoms with Crippen molar-refractivity contribution in [1.82, 2.24) is 4.90 Å². The third-order valence-electron chi connectivity index (χ3n) is 4.71. The topological polar surface area (TPSA) is 81.9 Å². The molecule has 2 aliphatic heterocycles. The zero-order valence-electron chi connectivity index (χ0n) is 14.2. The molecule has 2 N–H and O–H groups in total. The predicted octanol–water partition coefficient (Wildman–Crippen LogP) is 2.77. The summed E-state index contributed by atoms with van der Waals surface area (Å²) < 4.78 is 35.1. The number of carbonyl (C=O) groups is 2. The van der Waals surface area contributed by atoms with Gasteiger partial charge in [-0.1, -0.05) is 18.2 Å². The van der Waals surface area contributed by atoms with Gasteiger partial charge in [0.25, 0.3) is 5.91 Å². The molecule has 2 aromatic rings. The van der Waals surface area contributed by atoms with Gasteiger partial charge in [-0.3, -0.25) is 9.59 Å². The first-order chi connectivity index (χ1) is 12.8. The number of ether oxygens (including phenoxy) is 2. The van der Waals surface area contributed by atoms with Gasteiger partial charge in [0.15, 0.2) is 11.5 Å². The maximum Gasteiger partial charge on any atom is 0.586 e. The minimum atomic E-state index is -3.66. The van der Waals surface area contributed by atoms with Crippen LogP contribution < -0.4 is 15.2 Å². The number of hydrogen-bond donors (Lipinski definition) is 1. The zero-order valence-corrected chi connectivity index (χ0v) is 14.2. The molecule has 1 saturated heterocycles. The normalized spacial score (nSPS) is 19.9. The molecule has 0 bridgehead atoms. The summed E-state index contributed by atoms with van der Waals surface area (Å²) in [7, 11) is 0. The number of carbonyl (C=O) groups excluding carboxylic acids is 2. The van der Waals surface area contributed by atoms with Crippen LogP contribution in [-0.2, 0) is 4.79 Å². The number of primary amides is 1. The van der Waals surface area contributed by atoms with Crippen molar-refractivity contribution in [3.05, 3.63) is 48.0 Å². The van der Waals surface area contributed by atoms with Crippen molar-refractivity contribution < 1.29 is 27.8 Å². The Hall–Kier alpha value is -3.16. The molecule has 140 valence electrons. The van der Waals surface area contributed by atoms with Crippen molar-refractivity contribution >= 4 is 11.8 Å². The van der Waals surface area contributed by atoms with Gasteiger partial charge >= 0.3 is 6.29 Å². The van der Waals surface area contributed by atoms with Gasteiger partial charge in [0, 0.05) is 12.1 Å². The van der Waals surface area contributed by atoms with Crippen LogP contribution in [0.4, 0.5) is 8.78 Å². The van der Waals surface area contributed by atoms with Crippen LogP contribution in [0.5, 0.6) is 11.5 Å². The monoisotopic (exact) mass is 374 g/mol. The maximum atomic E-state index is 13.1. The minimum Gasteiger partial charge on any atom is -0.395 e. The summed E-state index contributed by atoms with van der Waals surface area (Å²) >= 11 is 0. The van der Waals surface area contributed by atoms with Crippen LogP contribution in [-0.4, -0.2) is 35.6 Å². The number of alkyl halides is 2. The molecule has 6 nitrogen and oxygen atoms in total. The molecule has 2 heterocycles. The van der Waals surface area contributed by atoms with E-state index in [0.29, 0.717) is 24.1 Å². The average molecular weight is 374 g/mol. The SMILES string of the molecule is NC(=O)C1CCCN1C(=O)c1ccc(-c2ccc3c(c2)OC(F)(F)O3)cc1. The van der Waals surface area contributed by atoms with Crippen LogP contribution >= 0.6 is 0 Å². The molecule has 0 aromatic heterocycles. The van der Waals surface area contributed by atoms with E-state index in [2.05, 4.69) is 9.47 Å². The fourth-order valence-electron chi connectivity index (χ4n) is 3.41. The number of rotatable bonds is 3. The molecule has 2 aliphatic rings. The maximum absolute atomic E-state index is 13.1. The van der Waals surface area contributed by atoms with Gasteiger partial charge < -0.3 is 20.1 Å². The first-order valence-corrected chi connectivity index (χ1v) is 8.45. The highest BCUT2D eigenvalue weighted by Crippen LogP contribution is 2.42. The molecule has 0 spiro atoms. The minimum absolute atomic E-state index is 0.0259. The smallest absolute Gasteiger partial charge is 0.395 e. The van der Waals surface area contributed by atoms with Crippen molar-refractivity contribution in [2.75, 3.05) is 6.54 Å². The highest BCUT2D eigenvalue weighted by Gasteiger charge is 2.43. The van der Waals surface area contributed by atoms with Crippen molar-refractivity contribution in [3.63, 3.8) is 0 Å². The molecule has 8 heteroatoms. The lowest BCUT2D eigenvalue weighted by atomic mass is 10.0. The van der Waals surface area contributed by atoms with Crippen LogP contribution in [0.25, 0.3) is 11.1 Å². The molecule has 1 fully saturated rings. The summed E-state index contributed by atoms with van der Waals surface area (Å²) in [5, 5.41) is 0. The summed E-state index contributed by atoms with van der Waals surface area (Å²) in [6, 6.07) is 10.6. The Morgan fingerprint density at radius 3 is 2.41 bits per heavy atom. The number of halogens is 2. The molecule has 0 radical (unpaired) electrons. The number of fused-ring (bicyclic) bond motifs is 1. The van der Waals surface area contributed by atoms with E-state index in [4.69, 9.17) is 5.73 Å². The van der Waals surface area contributed by atoms with Crippen LogP contribution in [0, 0.1) is 0 Å². The fraction of sp³-hybridized carbons (Fsp3) is 0.263. The van der Waals surface area contributed by atoms with Crippen LogP contribution in [0.2, 0.25) is 0 Å². The van der Waals surface area contributed by atoms with Gasteiger partial charge in [-0.2, -0.15) is 0 Å². The molecule has 0 saturated carbocycles. The summed E-state index contributed by atoms with van der Waals surface area (Å²) in [5.74, 6) is -0.830. The largest absolute Gasteiger partial charge is 0.586 e.